The van der Waals surface area contributed by atoms with E-state index in [1.807, 2.05) is 29.2 Å². The summed E-state index contributed by atoms with van der Waals surface area (Å²) in [5, 5.41) is -0.0372. The van der Waals surface area contributed by atoms with Gasteiger partial charge in [-0.3, -0.25) is 9.69 Å². The maximum Gasteiger partial charge on any atom is 0.238 e. The summed E-state index contributed by atoms with van der Waals surface area (Å²) in [5.74, 6) is 1.46. The topological polar surface area (TPSA) is 29.5 Å². The monoisotopic (exact) mass is 313 g/mol. The number of amides is 1. The Labute approximate surface area is 135 Å². The molecule has 1 fully saturated rings. The number of methoxy groups -OCH3 is 1. The lowest BCUT2D eigenvalue weighted by Gasteiger charge is -2.26. The molecule has 2 aromatic rings. The molecule has 0 N–H and O–H groups in total. The zero-order valence-corrected chi connectivity index (χ0v) is 13.8. The Kier molecular flexibility index (Phi) is 4.12. The molecular weight excluding hydrogens is 294 g/mol. The van der Waals surface area contributed by atoms with Crippen molar-refractivity contribution in [1.82, 2.24) is 0 Å². The number of thioether (sulfide) groups is 1. The third-order valence-electron chi connectivity index (χ3n) is 3.76. The van der Waals surface area contributed by atoms with Crippen molar-refractivity contribution in [2.75, 3.05) is 17.8 Å². The molecule has 0 radical (unpaired) electrons. The fourth-order valence-electron chi connectivity index (χ4n) is 2.89. The Bertz CT molecular complexity index is 694. The summed E-state index contributed by atoms with van der Waals surface area (Å²) in [5.41, 5.74) is 4.33. The molecule has 1 saturated heterocycles. The highest BCUT2D eigenvalue weighted by molar-refractivity contribution is 8.00. The highest BCUT2D eigenvalue weighted by Gasteiger charge is 2.35. The van der Waals surface area contributed by atoms with Crippen molar-refractivity contribution in [1.29, 1.82) is 0 Å². The Balaban J connectivity index is 2.06. The molecule has 0 aliphatic carbocycles. The minimum Gasteiger partial charge on any atom is -0.496 e. The van der Waals surface area contributed by atoms with Gasteiger partial charge in [0.1, 0.15) is 11.1 Å². The molecule has 1 aliphatic rings. The average Bonchev–Trinajstić information content (AvgIpc) is 2.87. The summed E-state index contributed by atoms with van der Waals surface area (Å²) in [4.78, 5) is 14.3. The van der Waals surface area contributed by atoms with Crippen molar-refractivity contribution in [2.24, 2.45) is 0 Å². The number of nitrogens with zero attached hydrogens (tertiary/aromatic N) is 1. The minimum absolute atomic E-state index is 0.0372. The number of rotatable bonds is 3. The first kappa shape index (κ1) is 15.0. The molecule has 0 bridgehead atoms. The van der Waals surface area contributed by atoms with Crippen molar-refractivity contribution in [3.63, 3.8) is 0 Å². The lowest BCUT2D eigenvalue weighted by atomic mass is 10.1. The number of carbonyl (C=O) groups excluding carboxylic acids is 1. The van der Waals surface area contributed by atoms with Crippen LogP contribution in [0.15, 0.2) is 42.5 Å². The van der Waals surface area contributed by atoms with Gasteiger partial charge in [0.15, 0.2) is 0 Å². The van der Waals surface area contributed by atoms with E-state index in [2.05, 4.69) is 32.0 Å². The van der Waals surface area contributed by atoms with Crippen molar-refractivity contribution >= 4 is 23.4 Å². The maximum absolute atomic E-state index is 12.4. The SMILES string of the molecule is COc1ccccc1[C@H]1SCC(=O)N1c1cc(C)cc(C)c1. The van der Waals surface area contributed by atoms with Crippen LogP contribution < -0.4 is 9.64 Å². The number of para-hydroxylation sites is 1. The molecule has 114 valence electrons. The molecular formula is C18H19NO2S. The molecule has 1 aliphatic heterocycles. The molecule has 3 rings (SSSR count). The summed E-state index contributed by atoms with van der Waals surface area (Å²) >= 11 is 1.64. The van der Waals surface area contributed by atoms with Crippen molar-refractivity contribution in [3.05, 3.63) is 59.2 Å². The van der Waals surface area contributed by atoms with Crippen LogP contribution in [0.2, 0.25) is 0 Å². The fourth-order valence-corrected chi connectivity index (χ4v) is 4.10. The largest absolute Gasteiger partial charge is 0.496 e. The van der Waals surface area contributed by atoms with Gasteiger partial charge in [-0.1, -0.05) is 24.3 Å². The van der Waals surface area contributed by atoms with Crippen LogP contribution in [0.5, 0.6) is 5.75 Å². The fraction of sp³-hybridized carbons (Fsp3) is 0.278. The number of carbonyl (C=O) groups is 1. The van der Waals surface area contributed by atoms with Gasteiger partial charge in [-0.25, -0.2) is 0 Å². The molecule has 3 nitrogen and oxygen atoms in total. The van der Waals surface area contributed by atoms with E-state index in [0.717, 1.165) is 17.0 Å². The van der Waals surface area contributed by atoms with E-state index < -0.39 is 0 Å². The molecule has 0 saturated carbocycles. The van der Waals surface area contributed by atoms with E-state index >= 15 is 0 Å². The van der Waals surface area contributed by atoms with Crippen LogP contribution in [0.1, 0.15) is 22.1 Å². The predicted octanol–water partition coefficient (Wildman–Crippen LogP) is 4.09. The zero-order valence-electron chi connectivity index (χ0n) is 13.0. The summed E-state index contributed by atoms with van der Waals surface area (Å²) in [7, 11) is 1.67. The first-order valence-electron chi connectivity index (χ1n) is 7.25. The second-order valence-electron chi connectivity index (χ2n) is 5.51. The number of hydrogen-bond acceptors (Lipinski definition) is 3. The smallest absolute Gasteiger partial charge is 0.238 e. The Morgan fingerprint density at radius 2 is 1.82 bits per heavy atom. The lowest BCUT2D eigenvalue weighted by Crippen LogP contribution is -2.28. The van der Waals surface area contributed by atoms with E-state index in [0.29, 0.717) is 5.75 Å². The number of anilines is 1. The van der Waals surface area contributed by atoms with Gasteiger partial charge in [0.25, 0.3) is 0 Å². The maximum atomic E-state index is 12.4. The van der Waals surface area contributed by atoms with Gasteiger partial charge < -0.3 is 4.74 Å². The average molecular weight is 313 g/mol. The number of benzene rings is 2. The third-order valence-corrected chi connectivity index (χ3v) is 4.95. The Morgan fingerprint density at radius 1 is 1.14 bits per heavy atom. The molecule has 0 unspecified atom stereocenters. The van der Waals surface area contributed by atoms with Crippen molar-refractivity contribution in [3.8, 4) is 5.75 Å². The highest BCUT2D eigenvalue weighted by Crippen LogP contribution is 2.44. The van der Waals surface area contributed by atoms with Crippen LogP contribution in [0.4, 0.5) is 5.69 Å². The van der Waals surface area contributed by atoms with Crippen LogP contribution in [0.25, 0.3) is 0 Å². The summed E-state index contributed by atoms with van der Waals surface area (Å²) in [6.45, 7) is 4.12. The Hall–Kier alpha value is -1.94. The highest BCUT2D eigenvalue weighted by atomic mass is 32.2. The number of ether oxygens (including phenoxy) is 1. The minimum atomic E-state index is -0.0372. The molecule has 1 atom stereocenters. The van der Waals surface area contributed by atoms with Crippen LogP contribution in [0, 0.1) is 13.8 Å². The predicted molar refractivity (Wildman–Crippen MR) is 91.6 cm³/mol. The molecule has 2 aromatic carbocycles. The van der Waals surface area contributed by atoms with Crippen LogP contribution in [0.3, 0.4) is 0 Å². The van der Waals surface area contributed by atoms with Gasteiger partial charge >= 0.3 is 0 Å². The second-order valence-corrected chi connectivity index (χ2v) is 6.58. The van der Waals surface area contributed by atoms with Gasteiger partial charge in [-0.05, 0) is 43.2 Å². The quantitative estimate of drug-likeness (QED) is 0.855. The number of hydrogen-bond donors (Lipinski definition) is 0. The Morgan fingerprint density at radius 3 is 2.50 bits per heavy atom. The van der Waals surface area contributed by atoms with Gasteiger partial charge in [0, 0.05) is 11.3 Å². The van der Waals surface area contributed by atoms with Crippen LogP contribution in [-0.4, -0.2) is 18.8 Å². The van der Waals surface area contributed by atoms with E-state index in [-0.39, 0.29) is 11.3 Å². The second kappa shape index (κ2) is 6.05. The molecule has 4 heteroatoms. The molecule has 0 aromatic heterocycles. The summed E-state index contributed by atoms with van der Waals surface area (Å²) in [6, 6.07) is 14.2. The van der Waals surface area contributed by atoms with E-state index in [9.17, 15) is 4.79 Å². The molecule has 1 amide bonds. The van der Waals surface area contributed by atoms with Gasteiger partial charge in [-0.2, -0.15) is 0 Å². The van der Waals surface area contributed by atoms with Crippen molar-refractivity contribution < 1.29 is 9.53 Å². The first-order chi connectivity index (χ1) is 10.6. The molecule has 0 spiro atoms. The van der Waals surface area contributed by atoms with Gasteiger partial charge in [0.2, 0.25) is 5.91 Å². The van der Waals surface area contributed by atoms with Gasteiger partial charge in [0.05, 0.1) is 12.9 Å². The lowest BCUT2D eigenvalue weighted by molar-refractivity contribution is -0.115. The zero-order chi connectivity index (χ0) is 15.7. The third kappa shape index (κ3) is 2.71. The van der Waals surface area contributed by atoms with Gasteiger partial charge in [-0.15, -0.1) is 11.8 Å². The standard InChI is InChI=1S/C18H19NO2S/c1-12-8-13(2)10-14(9-12)19-17(20)11-22-18(19)15-6-4-5-7-16(15)21-3/h4-10,18H,11H2,1-3H3/t18-/m1/s1. The first-order valence-corrected chi connectivity index (χ1v) is 8.30. The number of aryl methyl sites for hydroxylation is 2. The van der Waals surface area contributed by atoms with Crippen molar-refractivity contribution in [2.45, 2.75) is 19.2 Å². The van der Waals surface area contributed by atoms with E-state index in [1.165, 1.54) is 11.1 Å². The summed E-state index contributed by atoms with van der Waals surface area (Å²) < 4.78 is 5.47. The van der Waals surface area contributed by atoms with Crippen LogP contribution in [-0.2, 0) is 4.79 Å². The summed E-state index contributed by atoms with van der Waals surface area (Å²) in [6.07, 6.45) is 0. The van der Waals surface area contributed by atoms with Crippen LogP contribution >= 0.6 is 11.8 Å². The normalized spacial score (nSPS) is 17.9. The molecule has 22 heavy (non-hydrogen) atoms. The van der Waals surface area contributed by atoms with E-state index in [4.69, 9.17) is 4.74 Å². The van der Waals surface area contributed by atoms with E-state index in [1.54, 1.807) is 18.9 Å². The molecule has 1 heterocycles.